The predicted molar refractivity (Wildman–Crippen MR) is 139 cm³/mol. The number of phenolic OH excluding ortho intramolecular Hbond substituents is 9. The van der Waals surface area contributed by atoms with E-state index in [9.17, 15) is 70.6 Å². The minimum atomic E-state index is -2.18. The summed E-state index contributed by atoms with van der Waals surface area (Å²) >= 11 is 0. The molecule has 1 unspecified atom stereocenters. The highest BCUT2D eigenvalue weighted by molar-refractivity contribution is 6.08. The molecule has 0 radical (unpaired) electrons. The summed E-state index contributed by atoms with van der Waals surface area (Å²) in [6.45, 7) is -0.948. The van der Waals surface area contributed by atoms with Gasteiger partial charge in [0.1, 0.15) is 18.8 Å². The minimum absolute atomic E-state index is 0.524. The maximum atomic E-state index is 13.6. The summed E-state index contributed by atoms with van der Waals surface area (Å²) in [5.74, 6) is -14.5. The van der Waals surface area contributed by atoms with Crippen LogP contribution in [0.25, 0.3) is 11.1 Å². The summed E-state index contributed by atoms with van der Waals surface area (Å²) in [6.07, 6.45) is -10.2. The first-order valence-electron chi connectivity index (χ1n) is 12.5. The van der Waals surface area contributed by atoms with Crippen molar-refractivity contribution in [1.29, 1.82) is 0 Å². The molecular weight excluding hydrogens is 612 g/mol. The molecule has 18 heteroatoms. The van der Waals surface area contributed by atoms with Crippen LogP contribution in [0.15, 0.2) is 24.3 Å². The number of fused-ring (bicyclic) bond motifs is 4. The third-order valence-corrected chi connectivity index (χ3v) is 7.00. The molecule has 0 saturated carbocycles. The van der Waals surface area contributed by atoms with Gasteiger partial charge in [0.2, 0.25) is 11.5 Å². The molecule has 3 aromatic carbocycles. The molecule has 0 spiro atoms. The fourth-order valence-electron chi connectivity index (χ4n) is 4.77. The Labute approximate surface area is 248 Å². The van der Waals surface area contributed by atoms with Crippen molar-refractivity contribution < 1.29 is 89.5 Å². The predicted octanol–water partition coefficient (Wildman–Crippen LogP) is -0.297. The zero-order valence-electron chi connectivity index (χ0n) is 22.2. The van der Waals surface area contributed by atoms with E-state index in [1.807, 2.05) is 0 Å². The lowest BCUT2D eigenvalue weighted by Gasteiger charge is -2.41. The van der Waals surface area contributed by atoms with E-state index >= 15 is 0 Å². The number of phenols is 9. The van der Waals surface area contributed by atoms with Crippen LogP contribution < -0.4 is 0 Å². The Hall–Kier alpha value is -5.85. The van der Waals surface area contributed by atoms with Gasteiger partial charge in [-0.1, -0.05) is 0 Å². The molecule has 1 saturated heterocycles. The normalized spacial score (nSPS) is 22.9. The number of carbonyl (C=O) groups is 3. The van der Waals surface area contributed by atoms with Gasteiger partial charge >= 0.3 is 17.9 Å². The summed E-state index contributed by atoms with van der Waals surface area (Å²) in [5, 5.41) is 112. The van der Waals surface area contributed by atoms with Crippen LogP contribution in [0, 0.1) is 0 Å². The van der Waals surface area contributed by atoms with E-state index in [1.165, 1.54) is 0 Å². The molecule has 0 amide bonds. The molecule has 3 aromatic rings. The molecule has 2 aliphatic heterocycles. The van der Waals surface area contributed by atoms with Gasteiger partial charge in [-0.2, -0.15) is 0 Å². The van der Waals surface area contributed by atoms with Crippen LogP contribution in [0.2, 0.25) is 0 Å². The molecule has 0 aliphatic carbocycles. The van der Waals surface area contributed by atoms with Crippen molar-refractivity contribution in [3.05, 3.63) is 41.0 Å². The Kier molecular flexibility index (Phi) is 7.49. The lowest BCUT2D eigenvalue weighted by molar-refractivity contribution is -0.285. The van der Waals surface area contributed by atoms with Crippen molar-refractivity contribution in [2.75, 3.05) is 6.61 Å². The highest BCUT2D eigenvalue weighted by Crippen LogP contribution is 2.53. The van der Waals surface area contributed by atoms with E-state index in [4.69, 9.17) is 18.9 Å². The highest BCUT2D eigenvalue weighted by Gasteiger charge is 2.51. The quantitative estimate of drug-likeness (QED) is 0.0979. The van der Waals surface area contributed by atoms with E-state index in [2.05, 4.69) is 0 Å². The maximum absolute atomic E-state index is 13.6. The summed E-state index contributed by atoms with van der Waals surface area (Å²) < 4.78 is 21.0. The Balaban J connectivity index is 1.66. The van der Waals surface area contributed by atoms with Crippen molar-refractivity contribution in [3.63, 3.8) is 0 Å². The number of aromatic hydroxyl groups is 9. The largest absolute Gasteiger partial charge is 0.504 e. The van der Waals surface area contributed by atoms with E-state index in [0.29, 0.717) is 24.3 Å². The van der Waals surface area contributed by atoms with Gasteiger partial charge in [0, 0.05) is 11.1 Å². The Morgan fingerprint density at radius 1 is 0.689 bits per heavy atom. The fraction of sp³-hybridized carbons (Fsp3) is 0.222. The Morgan fingerprint density at radius 3 is 1.71 bits per heavy atom. The van der Waals surface area contributed by atoms with Crippen LogP contribution in [0.4, 0.5) is 0 Å². The topological polar surface area (TPSA) is 311 Å². The monoisotopic (exact) mass is 634 g/mol. The summed E-state index contributed by atoms with van der Waals surface area (Å²) in [7, 11) is 0. The van der Waals surface area contributed by atoms with Crippen molar-refractivity contribution >= 4 is 17.9 Å². The molecule has 0 aromatic heterocycles. The summed E-state index contributed by atoms with van der Waals surface area (Å²) in [6, 6.07) is 2.44. The molecule has 2 aliphatic rings. The second-order valence-corrected chi connectivity index (χ2v) is 9.79. The van der Waals surface area contributed by atoms with Crippen LogP contribution in [-0.4, -0.2) is 111 Å². The van der Waals surface area contributed by atoms with E-state index < -0.39 is 135 Å². The number of cyclic esters (lactones) is 1. The Morgan fingerprint density at radius 2 is 1.18 bits per heavy atom. The van der Waals surface area contributed by atoms with Gasteiger partial charge < -0.3 is 75.1 Å². The van der Waals surface area contributed by atoms with Crippen LogP contribution in [0.1, 0.15) is 31.1 Å². The minimum Gasteiger partial charge on any atom is -0.504 e. The fourth-order valence-corrected chi connectivity index (χ4v) is 4.77. The van der Waals surface area contributed by atoms with E-state index in [1.54, 1.807) is 0 Å². The second kappa shape index (κ2) is 11.0. The molecule has 0 bridgehead atoms. The SMILES string of the molecule is O=C(O[C@H]1[C@@H]2OC(=O)c3cc(O)c(O)c(O)c3-c3c(cc(O)c(O)c3O)C(=O)OC[C@H]2OC(O)[C@@H]1O)c1cc(O)c(O)c(O)c1. The van der Waals surface area contributed by atoms with Gasteiger partial charge in [0.15, 0.2) is 58.7 Å². The molecule has 238 valence electrons. The molecular formula is C27H22O18. The number of rotatable bonds is 2. The van der Waals surface area contributed by atoms with Gasteiger partial charge in [0.25, 0.3) is 0 Å². The van der Waals surface area contributed by atoms with Gasteiger partial charge in [-0.25, -0.2) is 14.4 Å². The standard InChI is InChI=1S/C27H22O18/c28-9-1-6(2-10(29)16(9)32)24(38)45-23-21(37)27(41)43-13-5-42-25(39)7-3-11(30)17(33)19(35)14(7)15-8(26(40)44-22(13)23)4-12(31)18(34)20(15)36/h1-4,13,21-23,27-37,41H,5H2/t13-,21-,22-,23-,27?/m1/s1. The third-order valence-electron chi connectivity index (χ3n) is 7.00. The lowest BCUT2D eigenvalue weighted by atomic mass is 9.92. The van der Waals surface area contributed by atoms with Crippen molar-refractivity contribution in [2.45, 2.75) is 30.7 Å². The first-order valence-corrected chi connectivity index (χ1v) is 12.5. The van der Waals surface area contributed by atoms with Gasteiger partial charge in [0.05, 0.1) is 16.7 Å². The summed E-state index contributed by atoms with van der Waals surface area (Å²) in [5.41, 5.74) is -4.10. The van der Waals surface area contributed by atoms with Crippen molar-refractivity contribution in [3.8, 4) is 62.9 Å². The molecule has 1 fully saturated rings. The average Bonchev–Trinajstić information content (AvgIpc) is 3.00. The zero-order chi connectivity index (χ0) is 33.1. The number of aliphatic hydroxyl groups is 2. The molecule has 18 nitrogen and oxygen atoms in total. The number of benzene rings is 3. The van der Waals surface area contributed by atoms with Crippen LogP contribution in [0.5, 0.6) is 51.7 Å². The third kappa shape index (κ3) is 5.07. The number of esters is 3. The number of carbonyl (C=O) groups excluding carboxylic acids is 3. The smallest absolute Gasteiger partial charge is 0.339 e. The molecule has 5 rings (SSSR count). The van der Waals surface area contributed by atoms with Gasteiger partial charge in [-0.05, 0) is 24.3 Å². The van der Waals surface area contributed by atoms with Crippen LogP contribution >= 0.6 is 0 Å². The highest BCUT2D eigenvalue weighted by atomic mass is 16.7. The summed E-state index contributed by atoms with van der Waals surface area (Å²) in [4.78, 5) is 39.7. The maximum Gasteiger partial charge on any atom is 0.339 e. The number of hydrogen-bond acceptors (Lipinski definition) is 18. The molecule has 2 heterocycles. The van der Waals surface area contributed by atoms with Gasteiger partial charge in [-0.15, -0.1) is 0 Å². The van der Waals surface area contributed by atoms with Crippen molar-refractivity contribution in [2.24, 2.45) is 0 Å². The van der Waals surface area contributed by atoms with Crippen LogP contribution in [0.3, 0.4) is 0 Å². The number of hydrogen-bond donors (Lipinski definition) is 11. The van der Waals surface area contributed by atoms with Crippen LogP contribution in [-0.2, 0) is 18.9 Å². The van der Waals surface area contributed by atoms with E-state index in [-0.39, 0.29) is 0 Å². The number of ether oxygens (including phenoxy) is 4. The number of aliphatic hydroxyl groups excluding tert-OH is 2. The second-order valence-electron chi connectivity index (χ2n) is 9.79. The Bertz CT molecular complexity index is 1730. The molecule has 11 N–H and O–H groups in total. The van der Waals surface area contributed by atoms with Gasteiger partial charge in [-0.3, -0.25) is 0 Å². The zero-order valence-corrected chi connectivity index (χ0v) is 22.2. The average molecular weight is 634 g/mol. The first kappa shape index (κ1) is 30.6. The molecule has 5 atom stereocenters. The van der Waals surface area contributed by atoms with E-state index in [0.717, 1.165) is 0 Å². The van der Waals surface area contributed by atoms with Crippen molar-refractivity contribution in [1.82, 2.24) is 0 Å². The molecule has 45 heavy (non-hydrogen) atoms. The first-order chi connectivity index (χ1) is 21.1. The lowest BCUT2D eigenvalue weighted by Crippen LogP contribution is -2.61.